The zero-order valence-electron chi connectivity index (χ0n) is 21.0. The summed E-state index contributed by atoms with van der Waals surface area (Å²) in [4.78, 5) is 39.6. The lowest BCUT2D eigenvalue weighted by Crippen LogP contribution is -2.50. The van der Waals surface area contributed by atoms with Crippen LogP contribution in [0.2, 0.25) is 10.0 Å². The molecule has 2 unspecified atom stereocenters. The number of carboxylic acid groups (broad SMARTS) is 1. The van der Waals surface area contributed by atoms with Gasteiger partial charge < -0.3 is 26.0 Å². The monoisotopic (exact) mass is 566 g/mol. The minimum atomic E-state index is -1.39. The topological polar surface area (TPSA) is 111 Å². The largest absolute Gasteiger partial charge is 0.480 e. The third-order valence-electron chi connectivity index (χ3n) is 7.30. The molecule has 1 heterocycles. The minimum Gasteiger partial charge on any atom is -0.480 e. The summed E-state index contributed by atoms with van der Waals surface area (Å²) >= 11 is 12.9. The lowest BCUT2D eigenvalue weighted by atomic mass is 9.91. The Morgan fingerprint density at radius 2 is 1.69 bits per heavy atom. The Kier molecular flexibility index (Phi) is 7.95. The van der Waals surface area contributed by atoms with Crippen LogP contribution >= 0.6 is 23.2 Å². The third-order valence-corrected chi connectivity index (χ3v) is 8.00. The maximum atomic E-state index is 13.1. The number of aryl methyl sites for hydroxylation is 1. The van der Waals surface area contributed by atoms with Crippen molar-refractivity contribution in [1.82, 2.24) is 16.0 Å². The van der Waals surface area contributed by atoms with Crippen LogP contribution in [0.15, 0.2) is 66.7 Å². The fourth-order valence-electron chi connectivity index (χ4n) is 5.15. The Balaban J connectivity index is 1.20. The van der Waals surface area contributed by atoms with E-state index >= 15 is 0 Å². The van der Waals surface area contributed by atoms with Crippen molar-refractivity contribution in [3.05, 3.63) is 99.0 Å². The molecule has 4 N–H and O–H groups in total. The van der Waals surface area contributed by atoms with Gasteiger partial charge in [0.05, 0.1) is 33.9 Å². The van der Waals surface area contributed by atoms with Gasteiger partial charge in [0.15, 0.2) is 0 Å². The predicted molar refractivity (Wildman–Crippen MR) is 151 cm³/mol. The summed E-state index contributed by atoms with van der Waals surface area (Å²) in [6.07, 6.45) is 1.63. The molecule has 3 aromatic carbocycles. The lowest BCUT2D eigenvalue weighted by Gasteiger charge is -2.42. The van der Waals surface area contributed by atoms with E-state index in [-0.39, 0.29) is 28.2 Å². The third kappa shape index (κ3) is 5.82. The SMILES string of the molecule is O=C(NCC(NC(=O)c1c(Cl)ccc(N2CC(c3ccccc3)C2)c1Cl)C(=O)O)NC1CCc2ccccc21. The van der Waals surface area contributed by atoms with Crippen LogP contribution in [-0.4, -0.2) is 48.7 Å². The number of urea groups is 1. The van der Waals surface area contributed by atoms with Gasteiger partial charge in [-0.05, 0) is 41.7 Å². The fraction of sp³-hybridized carbons (Fsp3) is 0.276. The predicted octanol–water partition coefficient (Wildman–Crippen LogP) is 4.77. The molecule has 0 aromatic heterocycles. The molecule has 8 nitrogen and oxygen atoms in total. The zero-order valence-corrected chi connectivity index (χ0v) is 22.5. The van der Waals surface area contributed by atoms with E-state index in [4.69, 9.17) is 23.2 Å². The van der Waals surface area contributed by atoms with Crippen LogP contribution in [0, 0.1) is 0 Å². The maximum absolute atomic E-state index is 13.1. The number of rotatable bonds is 8. The van der Waals surface area contributed by atoms with E-state index in [1.165, 1.54) is 11.1 Å². The highest BCUT2D eigenvalue weighted by atomic mass is 35.5. The molecule has 10 heteroatoms. The maximum Gasteiger partial charge on any atom is 0.328 e. The van der Waals surface area contributed by atoms with Crippen molar-refractivity contribution in [2.24, 2.45) is 0 Å². The molecule has 0 bridgehead atoms. The highest BCUT2D eigenvalue weighted by Crippen LogP contribution is 2.39. The molecule has 39 heavy (non-hydrogen) atoms. The van der Waals surface area contributed by atoms with E-state index in [1.54, 1.807) is 12.1 Å². The summed E-state index contributed by atoms with van der Waals surface area (Å²) in [5, 5.41) is 17.8. The van der Waals surface area contributed by atoms with E-state index in [0.717, 1.165) is 31.5 Å². The van der Waals surface area contributed by atoms with Crippen molar-refractivity contribution >= 4 is 46.8 Å². The molecule has 0 spiro atoms. The first-order valence-corrected chi connectivity index (χ1v) is 13.5. The number of hydrogen-bond donors (Lipinski definition) is 4. The number of halogens is 2. The van der Waals surface area contributed by atoms with Crippen molar-refractivity contribution in [2.75, 3.05) is 24.5 Å². The van der Waals surface area contributed by atoms with E-state index < -0.39 is 23.9 Å². The average molecular weight is 567 g/mol. The van der Waals surface area contributed by atoms with Gasteiger partial charge in [-0.3, -0.25) is 4.79 Å². The van der Waals surface area contributed by atoms with Crippen molar-refractivity contribution < 1.29 is 19.5 Å². The normalized spacial score (nSPS) is 17.1. The van der Waals surface area contributed by atoms with Gasteiger partial charge in [-0.1, -0.05) is 77.8 Å². The number of nitrogens with one attached hydrogen (secondary N) is 3. The average Bonchev–Trinajstić information content (AvgIpc) is 3.30. The highest BCUT2D eigenvalue weighted by molar-refractivity contribution is 6.41. The fourth-order valence-corrected chi connectivity index (χ4v) is 5.81. The molecule has 1 aliphatic carbocycles. The number of hydrogen-bond acceptors (Lipinski definition) is 4. The molecule has 5 rings (SSSR count). The molecule has 0 saturated carbocycles. The Hall–Kier alpha value is -3.75. The number of anilines is 1. The molecular formula is C29H28Cl2N4O4. The van der Waals surface area contributed by atoms with Crippen molar-refractivity contribution in [3.8, 4) is 0 Å². The van der Waals surface area contributed by atoms with Crippen LogP contribution < -0.4 is 20.9 Å². The summed E-state index contributed by atoms with van der Waals surface area (Å²) in [5.41, 5.74) is 4.12. The van der Waals surface area contributed by atoms with Crippen LogP contribution in [0.1, 0.15) is 45.4 Å². The van der Waals surface area contributed by atoms with Gasteiger partial charge in [0.25, 0.3) is 5.91 Å². The van der Waals surface area contributed by atoms with Crippen LogP contribution in [-0.2, 0) is 11.2 Å². The lowest BCUT2D eigenvalue weighted by molar-refractivity contribution is -0.139. The summed E-state index contributed by atoms with van der Waals surface area (Å²) in [5.74, 6) is -1.68. The van der Waals surface area contributed by atoms with Crippen molar-refractivity contribution in [3.63, 3.8) is 0 Å². The number of carbonyl (C=O) groups is 3. The Morgan fingerprint density at radius 3 is 2.44 bits per heavy atom. The minimum absolute atomic E-state index is 0.00254. The number of fused-ring (bicyclic) bond motifs is 1. The second-order valence-electron chi connectivity index (χ2n) is 9.78. The number of benzene rings is 3. The first-order valence-electron chi connectivity index (χ1n) is 12.8. The van der Waals surface area contributed by atoms with Crippen molar-refractivity contribution in [2.45, 2.75) is 30.8 Å². The number of aliphatic carboxylic acids is 1. The summed E-state index contributed by atoms with van der Waals surface area (Å²) in [6.45, 7) is 1.14. The molecule has 2 aliphatic rings. The quantitative estimate of drug-likeness (QED) is 0.314. The van der Waals surface area contributed by atoms with Crippen LogP contribution in [0.3, 0.4) is 0 Å². The molecular weight excluding hydrogens is 539 g/mol. The number of carbonyl (C=O) groups excluding carboxylic acids is 2. The molecule has 1 aliphatic heterocycles. The zero-order chi connectivity index (χ0) is 27.5. The molecule has 2 atom stereocenters. The van der Waals surface area contributed by atoms with E-state index in [1.807, 2.05) is 42.5 Å². The van der Waals surface area contributed by atoms with Gasteiger partial charge >= 0.3 is 12.0 Å². The van der Waals surface area contributed by atoms with E-state index in [9.17, 15) is 19.5 Å². The van der Waals surface area contributed by atoms with E-state index in [2.05, 4.69) is 33.0 Å². The molecule has 1 saturated heterocycles. The second kappa shape index (κ2) is 11.6. The van der Waals surface area contributed by atoms with Crippen LogP contribution in [0.5, 0.6) is 0 Å². The Morgan fingerprint density at radius 1 is 0.974 bits per heavy atom. The Bertz CT molecular complexity index is 1400. The van der Waals surface area contributed by atoms with Gasteiger partial charge in [0.1, 0.15) is 6.04 Å². The highest BCUT2D eigenvalue weighted by Gasteiger charge is 2.32. The summed E-state index contributed by atoms with van der Waals surface area (Å²) < 4.78 is 0. The number of amides is 3. The second-order valence-corrected chi connectivity index (χ2v) is 10.6. The smallest absolute Gasteiger partial charge is 0.328 e. The summed E-state index contributed by atoms with van der Waals surface area (Å²) in [7, 11) is 0. The van der Waals surface area contributed by atoms with E-state index in [0.29, 0.717) is 11.6 Å². The van der Waals surface area contributed by atoms with Gasteiger partial charge in [0, 0.05) is 19.0 Å². The molecule has 202 valence electrons. The standard InChI is InChI=1S/C29H28Cl2N4O4/c30-21-11-13-24(35-15-19(16-35)17-6-2-1-3-7-17)26(31)25(21)27(36)33-23(28(37)38)14-32-29(39)34-22-12-10-18-8-4-5-9-20(18)22/h1-9,11,13,19,22-23H,10,12,14-16H2,(H,33,36)(H,37,38)(H2,32,34,39). The molecule has 1 fully saturated rings. The van der Waals surface area contributed by atoms with Gasteiger partial charge in [-0.15, -0.1) is 0 Å². The molecule has 0 radical (unpaired) electrons. The number of nitrogens with zero attached hydrogens (tertiary/aromatic N) is 1. The summed E-state index contributed by atoms with van der Waals surface area (Å²) in [6, 6.07) is 19.3. The first kappa shape index (κ1) is 26.8. The van der Waals surface area contributed by atoms with Crippen LogP contribution in [0.4, 0.5) is 10.5 Å². The first-order chi connectivity index (χ1) is 18.8. The van der Waals surface area contributed by atoms with Gasteiger partial charge in [-0.25, -0.2) is 9.59 Å². The number of carboxylic acids is 1. The van der Waals surface area contributed by atoms with Gasteiger partial charge in [0.2, 0.25) is 0 Å². The van der Waals surface area contributed by atoms with Crippen LogP contribution in [0.25, 0.3) is 0 Å². The molecule has 3 aromatic rings. The molecule has 3 amide bonds. The van der Waals surface area contributed by atoms with Crippen molar-refractivity contribution in [1.29, 1.82) is 0 Å². The Labute approximate surface area is 236 Å². The van der Waals surface area contributed by atoms with Gasteiger partial charge in [-0.2, -0.15) is 0 Å².